The highest BCUT2D eigenvalue weighted by atomic mass is 16.5. The SMILES string of the molecule is CC(C)[C@H](NC(=O)CCOCCOCCN1C(=O)C=CC1=O)C(=O)C[C@@H](CCCNC(N)=O)C(=O)Nc1ccc(CO)cc1. The molecule has 2 rings (SSSR count). The summed E-state index contributed by atoms with van der Waals surface area (Å²) in [6, 6.07) is 5.15. The molecule has 1 aliphatic rings. The molecule has 0 bridgehead atoms. The number of ketones is 1. The number of hydrogen-bond acceptors (Lipinski definition) is 9. The second kappa shape index (κ2) is 19.2. The molecule has 0 saturated carbocycles. The first kappa shape index (κ1) is 36.1. The molecular weight excluding hydrogens is 574 g/mol. The lowest BCUT2D eigenvalue weighted by molar-refractivity contribution is -0.137. The number of primary amides is 1. The number of nitrogens with one attached hydrogen (secondary N) is 3. The highest BCUT2D eigenvalue weighted by Crippen LogP contribution is 2.19. The number of carbonyl (C=O) groups excluding carboxylic acids is 6. The van der Waals surface area contributed by atoms with Crippen LogP contribution in [0, 0.1) is 11.8 Å². The fraction of sp³-hybridized carbons (Fsp3) is 0.533. The van der Waals surface area contributed by atoms with Crippen molar-refractivity contribution in [3.05, 3.63) is 42.0 Å². The number of nitrogens with zero attached hydrogens (tertiary/aromatic N) is 1. The summed E-state index contributed by atoms with van der Waals surface area (Å²) in [6.45, 7) is 4.51. The minimum Gasteiger partial charge on any atom is -0.392 e. The van der Waals surface area contributed by atoms with Gasteiger partial charge >= 0.3 is 6.03 Å². The molecule has 1 aliphatic heterocycles. The standard InChI is InChI=1S/C30H43N5O9/c1-20(2)28(34-25(38)11-14-43-16-17-44-15-13-35-26(39)9-10-27(35)40)24(37)18-22(4-3-12-32-30(31)42)29(41)33-23-7-5-21(19-36)6-8-23/h5-10,20,22,28,36H,3-4,11-19H2,1-2H3,(H,33,41)(H,34,38)(H3,31,32,42)/t22-,28+/m1/s1. The Morgan fingerprint density at radius 3 is 2.18 bits per heavy atom. The van der Waals surface area contributed by atoms with E-state index in [4.69, 9.17) is 15.2 Å². The smallest absolute Gasteiger partial charge is 0.312 e. The van der Waals surface area contributed by atoms with Gasteiger partial charge in [0.15, 0.2) is 5.78 Å². The zero-order valence-corrected chi connectivity index (χ0v) is 25.2. The van der Waals surface area contributed by atoms with Crippen molar-refractivity contribution < 1.29 is 43.3 Å². The first-order valence-electron chi connectivity index (χ1n) is 14.6. The summed E-state index contributed by atoms with van der Waals surface area (Å²) in [4.78, 5) is 74.1. The Bertz CT molecular complexity index is 1150. The number of carbonyl (C=O) groups is 6. The quantitative estimate of drug-likeness (QED) is 0.0967. The molecule has 1 heterocycles. The van der Waals surface area contributed by atoms with Crippen LogP contribution in [0.1, 0.15) is 45.1 Å². The Morgan fingerprint density at radius 2 is 1.59 bits per heavy atom. The van der Waals surface area contributed by atoms with Gasteiger partial charge in [-0.15, -0.1) is 0 Å². The first-order valence-corrected chi connectivity index (χ1v) is 14.6. The topological polar surface area (TPSA) is 206 Å². The molecule has 1 aromatic carbocycles. The molecule has 14 nitrogen and oxygen atoms in total. The van der Waals surface area contributed by atoms with Gasteiger partial charge in [-0.25, -0.2) is 4.79 Å². The molecule has 242 valence electrons. The van der Waals surface area contributed by atoms with Crippen LogP contribution in [0.15, 0.2) is 36.4 Å². The molecule has 44 heavy (non-hydrogen) atoms. The van der Waals surface area contributed by atoms with E-state index in [1.807, 2.05) is 0 Å². The minimum absolute atomic E-state index is 0.00544. The van der Waals surface area contributed by atoms with Crippen LogP contribution in [0.4, 0.5) is 10.5 Å². The average Bonchev–Trinajstić information content (AvgIpc) is 3.30. The van der Waals surface area contributed by atoms with E-state index >= 15 is 0 Å². The van der Waals surface area contributed by atoms with E-state index in [1.54, 1.807) is 38.1 Å². The molecule has 0 unspecified atom stereocenters. The predicted molar refractivity (Wildman–Crippen MR) is 160 cm³/mol. The van der Waals surface area contributed by atoms with E-state index in [1.165, 1.54) is 12.2 Å². The van der Waals surface area contributed by atoms with E-state index < -0.39 is 18.0 Å². The van der Waals surface area contributed by atoms with Crippen LogP contribution < -0.4 is 21.7 Å². The summed E-state index contributed by atoms with van der Waals surface area (Å²) in [5, 5.41) is 17.3. The van der Waals surface area contributed by atoms with Gasteiger partial charge < -0.3 is 36.3 Å². The number of hydrogen-bond donors (Lipinski definition) is 5. The van der Waals surface area contributed by atoms with Crippen molar-refractivity contribution in [2.45, 2.75) is 52.2 Å². The number of ether oxygens (including phenoxy) is 2. The first-order chi connectivity index (χ1) is 21.0. The second-order valence-corrected chi connectivity index (χ2v) is 10.6. The molecule has 14 heteroatoms. The molecule has 0 radical (unpaired) electrons. The van der Waals surface area contributed by atoms with Crippen LogP contribution >= 0.6 is 0 Å². The van der Waals surface area contributed by atoms with Gasteiger partial charge in [0.2, 0.25) is 11.8 Å². The van der Waals surface area contributed by atoms with E-state index in [-0.39, 0.29) is 94.3 Å². The maximum Gasteiger partial charge on any atom is 0.312 e. The Balaban J connectivity index is 1.81. The van der Waals surface area contributed by atoms with E-state index in [0.29, 0.717) is 24.1 Å². The molecule has 2 atom stereocenters. The number of urea groups is 1. The third kappa shape index (κ3) is 13.0. The zero-order valence-electron chi connectivity index (χ0n) is 25.2. The maximum atomic E-state index is 13.3. The zero-order chi connectivity index (χ0) is 32.5. The average molecular weight is 618 g/mol. The number of benzene rings is 1. The highest BCUT2D eigenvalue weighted by Gasteiger charge is 2.29. The molecule has 6 N–H and O–H groups in total. The van der Waals surface area contributed by atoms with Crippen molar-refractivity contribution >= 4 is 41.1 Å². The summed E-state index contributed by atoms with van der Waals surface area (Å²) in [7, 11) is 0. The van der Waals surface area contributed by atoms with E-state index in [0.717, 1.165) is 4.90 Å². The van der Waals surface area contributed by atoms with Crippen LogP contribution in [0.5, 0.6) is 0 Å². The number of anilines is 1. The van der Waals surface area contributed by atoms with Gasteiger partial charge in [-0.1, -0.05) is 26.0 Å². The van der Waals surface area contributed by atoms with E-state index in [9.17, 15) is 33.9 Å². The summed E-state index contributed by atoms with van der Waals surface area (Å²) < 4.78 is 10.8. The van der Waals surface area contributed by atoms with Gasteiger partial charge in [0, 0.05) is 43.1 Å². The predicted octanol–water partition coefficient (Wildman–Crippen LogP) is 0.630. The lowest BCUT2D eigenvalue weighted by Crippen LogP contribution is -2.45. The van der Waals surface area contributed by atoms with Crippen molar-refractivity contribution in [2.75, 3.05) is 44.8 Å². The van der Waals surface area contributed by atoms with Gasteiger partial charge in [0.1, 0.15) is 0 Å². The number of imide groups is 1. The molecule has 0 saturated heterocycles. The lowest BCUT2D eigenvalue weighted by atomic mass is 9.89. The summed E-state index contributed by atoms with van der Waals surface area (Å²) in [6.07, 6.45) is 2.99. The van der Waals surface area contributed by atoms with Crippen molar-refractivity contribution in [3.63, 3.8) is 0 Å². The van der Waals surface area contributed by atoms with Crippen molar-refractivity contribution in [3.8, 4) is 0 Å². The van der Waals surface area contributed by atoms with Crippen LogP contribution in [0.2, 0.25) is 0 Å². The molecule has 0 aromatic heterocycles. The van der Waals surface area contributed by atoms with Gasteiger partial charge in [-0.3, -0.25) is 28.9 Å². The second-order valence-electron chi connectivity index (χ2n) is 10.6. The van der Waals surface area contributed by atoms with Crippen LogP contribution in [-0.2, 0) is 40.1 Å². The normalized spacial score (nSPS) is 14.0. The van der Waals surface area contributed by atoms with Crippen LogP contribution in [0.25, 0.3) is 0 Å². The fourth-order valence-corrected chi connectivity index (χ4v) is 4.35. The summed E-state index contributed by atoms with van der Waals surface area (Å²) in [5.74, 6) is -2.78. The minimum atomic E-state index is -0.820. The third-order valence-corrected chi connectivity index (χ3v) is 6.79. The fourth-order valence-electron chi connectivity index (χ4n) is 4.35. The number of aliphatic hydroxyl groups is 1. The molecule has 0 aliphatic carbocycles. The van der Waals surface area contributed by atoms with Gasteiger partial charge in [0.25, 0.3) is 11.8 Å². The molecular formula is C30H43N5O9. The molecule has 6 amide bonds. The van der Waals surface area contributed by atoms with Gasteiger partial charge in [-0.2, -0.15) is 0 Å². The van der Waals surface area contributed by atoms with Crippen molar-refractivity contribution in [1.29, 1.82) is 0 Å². The summed E-state index contributed by atoms with van der Waals surface area (Å²) in [5.41, 5.74) is 6.31. The number of rotatable bonds is 21. The Morgan fingerprint density at radius 1 is 0.955 bits per heavy atom. The Hall–Kier alpha value is -4.14. The number of aliphatic hydroxyl groups excluding tert-OH is 1. The third-order valence-electron chi connectivity index (χ3n) is 6.79. The number of Topliss-reactive ketones (excluding diaryl/α,β-unsaturated/α-hetero) is 1. The maximum absolute atomic E-state index is 13.3. The highest BCUT2D eigenvalue weighted by molar-refractivity contribution is 6.12. The Labute approximate surface area is 256 Å². The Kier molecular flexibility index (Phi) is 15.7. The lowest BCUT2D eigenvalue weighted by Gasteiger charge is -2.24. The van der Waals surface area contributed by atoms with Crippen molar-refractivity contribution in [2.24, 2.45) is 17.6 Å². The summed E-state index contributed by atoms with van der Waals surface area (Å²) >= 11 is 0. The van der Waals surface area contributed by atoms with E-state index in [2.05, 4.69) is 16.0 Å². The van der Waals surface area contributed by atoms with Gasteiger partial charge in [-0.05, 0) is 36.5 Å². The number of amides is 6. The molecule has 0 fully saturated rings. The molecule has 0 spiro atoms. The van der Waals surface area contributed by atoms with Crippen LogP contribution in [-0.4, -0.2) is 91.0 Å². The molecule has 1 aromatic rings. The largest absolute Gasteiger partial charge is 0.392 e. The monoisotopic (exact) mass is 617 g/mol. The number of nitrogens with two attached hydrogens (primary N) is 1. The van der Waals surface area contributed by atoms with Gasteiger partial charge in [0.05, 0.1) is 45.6 Å². The van der Waals surface area contributed by atoms with Crippen LogP contribution in [0.3, 0.4) is 0 Å². The van der Waals surface area contributed by atoms with Crippen molar-refractivity contribution in [1.82, 2.24) is 15.5 Å².